The van der Waals surface area contributed by atoms with Crippen LogP contribution in [0.15, 0.2) is 54.6 Å². The van der Waals surface area contributed by atoms with Crippen LogP contribution in [0.25, 0.3) is 10.9 Å². The SMILES string of the molecule is Ic1c2n(c3ccccc13)C(c1ccccc1)OCCC2. The second kappa shape index (κ2) is 5.46. The van der Waals surface area contributed by atoms with Crippen molar-refractivity contribution >= 4 is 33.5 Å². The lowest BCUT2D eigenvalue weighted by atomic mass is 10.2. The molecule has 0 saturated heterocycles. The maximum absolute atomic E-state index is 6.20. The van der Waals surface area contributed by atoms with E-state index in [0.29, 0.717) is 0 Å². The predicted molar refractivity (Wildman–Crippen MR) is 93.5 cm³/mol. The van der Waals surface area contributed by atoms with Crippen LogP contribution in [-0.4, -0.2) is 11.2 Å². The molecular formula is C18H16INO. The fraction of sp³-hybridized carbons (Fsp3) is 0.222. The van der Waals surface area contributed by atoms with E-state index in [-0.39, 0.29) is 6.23 Å². The number of benzene rings is 2. The van der Waals surface area contributed by atoms with Crippen LogP contribution in [0.3, 0.4) is 0 Å². The van der Waals surface area contributed by atoms with Gasteiger partial charge in [-0.1, -0.05) is 48.5 Å². The molecule has 0 radical (unpaired) electrons. The molecule has 4 rings (SSSR count). The zero-order chi connectivity index (χ0) is 14.2. The molecule has 0 amide bonds. The van der Waals surface area contributed by atoms with Crippen LogP contribution < -0.4 is 0 Å². The summed E-state index contributed by atoms with van der Waals surface area (Å²) < 4.78 is 9.95. The maximum atomic E-state index is 6.20. The fourth-order valence-corrected chi connectivity index (χ4v) is 4.13. The Morgan fingerprint density at radius 3 is 2.62 bits per heavy atom. The van der Waals surface area contributed by atoms with Gasteiger partial charge in [-0.05, 0) is 41.5 Å². The van der Waals surface area contributed by atoms with E-state index in [0.717, 1.165) is 19.4 Å². The summed E-state index contributed by atoms with van der Waals surface area (Å²) in [6.07, 6.45) is 2.14. The molecule has 2 aromatic carbocycles. The van der Waals surface area contributed by atoms with Crippen molar-refractivity contribution in [2.45, 2.75) is 19.1 Å². The first-order chi connectivity index (χ1) is 10.4. The third-order valence-electron chi connectivity index (χ3n) is 4.10. The maximum Gasteiger partial charge on any atom is 0.160 e. The molecule has 0 N–H and O–H groups in total. The van der Waals surface area contributed by atoms with E-state index < -0.39 is 0 Å². The van der Waals surface area contributed by atoms with Gasteiger partial charge in [0.2, 0.25) is 0 Å². The lowest BCUT2D eigenvalue weighted by Crippen LogP contribution is -2.14. The van der Waals surface area contributed by atoms with Crippen molar-refractivity contribution in [2.24, 2.45) is 0 Å². The monoisotopic (exact) mass is 389 g/mol. The van der Waals surface area contributed by atoms with Gasteiger partial charge in [-0.15, -0.1) is 0 Å². The molecule has 0 aliphatic carbocycles. The van der Waals surface area contributed by atoms with Crippen molar-refractivity contribution in [3.63, 3.8) is 0 Å². The van der Waals surface area contributed by atoms with Crippen molar-refractivity contribution in [1.82, 2.24) is 4.57 Å². The van der Waals surface area contributed by atoms with Gasteiger partial charge in [0.05, 0.1) is 5.52 Å². The van der Waals surface area contributed by atoms with E-state index in [9.17, 15) is 0 Å². The number of aromatic nitrogens is 1. The Hall–Kier alpha value is -1.33. The molecular weight excluding hydrogens is 373 g/mol. The summed E-state index contributed by atoms with van der Waals surface area (Å²) in [5, 5.41) is 1.33. The average molecular weight is 389 g/mol. The highest BCUT2D eigenvalue weighted by atomic mass is 127. The number of halogens is 1. The van der Waals surface area contributed by atoms with Gasteiger partial charge in [-0.2, -0.15) is 0 Å². The highest BCUT2D eigenvalue weighted by Gasteiger charge is 2.25. The van der Waals surface area contributed by atoms with Gasteiger partial charge in [-0.25, -0.2) is 0 Å². The van der Waals surface area contributed by atoms with Gasteiger partial charge in [-0.3, -0.25) is 0 Å². The second-order valence-corrected chi connectivity index (χ2v) is 6.46. The van der Waals surface area contributed by atoms with Crippen molar-refractivity contribution in [3.8, 4) is 0 Å². The summed E-state index contributed by atoms with van der Waals surface area (Å²) in [5.41, 5.74) is 3.90. The van der Waals surface area contributed by atoms with Crippen LogP contribution >= 0.6 is 22.6 Å². The largest absolute Gasteiger partial charge is 0.354 e. The van der Waals surface area contributed by atoms with E-state index >= 15 is 0 Å². The van der Waals surface area contributed by atoms with E-state index in [1.807, 2.05) is 0 Å². The Balaban J connectivity index is 1.99. The summed E-state index contributed by atoms with van der Waals surface area (Å²) in [5.74, 6) is 0. The summed E-state index contributed by atoms with van der Waals surface area (Å²) >= 11 is 2.49. The van der Waals surface area contributed by atoms with Gasteiger partial charge in [0.15, 0.2) is 6.23 Å². The molecule has 3 aromatic rings. The Labute approximate surface area is 137 Å². The van der Waals surface area contributed by atoms with Crippen LogP contribution in [0.5, 0.6) is 0 Å². The molecule has 1 aromatic heterocycles. The standard InChI is InChI=1S/C18H16INO/c19-17-14-9-4-5-10-15(14)20-16(17)11-6-12-21-18(20)13-7-2-1-3-8-13/h1-5,7-10,18H,6,11-12H2. The number of hydrogen-bond acceptors (Lipinski definition) is 1. The minimum atomic E-state index is -0.0166. The van der Waals surface area contributed by atoms with Crippen LogP contribution in [-0.2, 0) is 11.2 Å². The zero-order valence-electron chi connectivity index (χ0n) is 11.6. The number of ether oxygens (including phenoxy) is 1. The first-order valence-corrected chi connectivity index (χ1v) is 8.38. The summed E-state index contributed by atoms with van der Waals surface area (Å²) in [7, 11) is 0. The molecule has 0 saturated carbocycles. The molecule has 1 aliphatic heterocycles. The van der Waals surface area contributed by atoms with Gasteiger partial charge in [0.25, 0.3) is 0 Å². The third-order valence-corrected chi connectivity index (χ3v) is 5.30. The number of nitrogens with zero attached hydrogens (tertiary/aromatic N) is 1. The minimum Gasteiger partial charge on any atom is -0.354 e. The van der Waals surface area contributed by atoms with E-state index in [1.165, 1.54) is 25.7 Å². The van der Waals surface area contributed by atoms with E-state index in [4.69, 9.17) is 4.74 Å². The van der Waals surface area contributed by atoms with Crippen LogP contribution in [0.2, 0.25) is 0 Å². The number of fused-ring (bicyclic) bond motifs is 3. The first-order valence-electron chi connectivity index (χ1n) is 7.30. The molecule has 1 aliphatic rings. The van der Waals surface area contributed by atoms with Gasteiger partial charge >= 0.3 is 0 Å². The molecule has 1 unspecified atom stereocenters. The second-order valence-electron chi connectivity index (χ2n) is 5.39. The fourth-order valence-electron chi connectivity index (χ4n) is 3.15. The first kappa shape index (κ1) is 13.3. The van der Waals surface area contributed by atoms with Crippen LogP contribution in [0.1, 0.15) is 23.9 Å². The van der Waals surface area contributed by atoms with Crippen molar-refractivity contribution in [1.29, 1.82) is 0 Å². The lowest BCUT2D eigenvalue weighted by Gasteiger charge is -2.21. The van der Waals surface area contributed by atoms with Crippen LogP contribution in [0.4, 0.5) is 0 Å². The Bertz CT molecular complexity index is 779. The molecule has 106 valence electrons. The minimum absolute atomic E-state index is 0.0166. The van der Waals surface area contributed by atoms with Crippen LogP contribution in [0, 0.1) is 3.57 Å². The highest BCUT2D eigenvalue weighted by Crippen LogP contribution is 2.36. The zero-order valence-corrected chi connectivity index (χ0v) is 13.8. The highest BCUT2D eigenvalue weighted by molar-refractivity contribution is 14.1. The molecule has 1 atom stereocenters. The summed E-state index contributed by atoms with van der Waals surface area (Å²) in [6.45, 7) is 0.811. The molecule has 0 fully saturated rings. The third kappa shape index (κ3) is 2.19. The van der Waals surface area contributed by atoms with Crippen molar-refractivity contribution in [3.05, 3.63) is 69.4 Å². The Morgan fingerprint density at radius 1 is 1.00 bits per heavy atom. The number of para-hydroxylation sites is 1. The molecule has 21 heavy (non-hydrogen) atoms. The number of hydrogen-bond donors (Lipinski definition) is 0. The smallest absolute Gasteiger partial charge is 0.160 e. The van der Waals surface area contributed by atoms with Crippen molar-refractivity contribution < 1.29 is 4.74 Å². The Kier molecular flexibility index (Phi) is 3.47. The molecule has 0 bridgehead atoms. The molecule has 2 heterocycles. The lowest BCUT2D eigenvalue weighted by molar-refractivity contribution is 0.0419. The molecule has 3 heteroatoms. The van der Waals surface area contributed by atoms with Gasteiger partial charge in [0.1, 0.15) is 0 Å². The topological polar surface area (TPSA) is 14.2 Å². The van der Waals surface area contributed by atoms with E-state index in [1.54, 1.807) is 0 Å². The Morgan fingerprint density at radius 2 is 1.76 bits per heavy atom. The van der Waals surface area contributed by atoms with Gasteiger partial charge < -0.3 is 9.30 Å². The quantitative estimate of drug-likeness (QED) is 0.548. The summed E-state index contributed by atoms with van der Waals surface area (Å²) in [6, 6.07) is 19.2. The van der Waals surface area contributed by atoms with Crippen molar-refractivity contribution in [2.75, 3.05) is 6.61 Å². The van der Waals surface area contributed by atoms with Gasteiger partial charge in [0, 0.05) is 26.8 Å². The summed E-state index contributed by atoms with van der Waals surface area (Å²) in [4.78, 5) is 0. The molecule has 0 spiro atoms. The normalized spacial score (nSPS) is 18.4. The average Bonchev–Trinajstić information content (AvgIpc) is 2.71. The predicted octanol–water partition coefficient (Wildman–Crippen LogP) is 4.76. The van der Waals surface area contributed by atoms with E-state index in [2.05, 4.69) is 81.8 Å². The molecule has 2 nitrogen and oxygen atoms in total. The number of rotatable bonds is 1.